The summed E-state index contributed by atoms with van der Waals surface area (Å²) in [6, 6.07) is 0. The van der Waals surface area contributed by atoms with E-state index in [0.717, 1.165) is 11.8 Å². The number of carbonyl (C=O) groups is 1. The Morgan fingerprint density at radius 2 is 2.00 bits per heavy atom. The van der Waals surface area contributed by atoms with Crippen LogP contribution in [0.5, 0.6) is 0 Å². The Hall–Kier alpha value is -0.870. The fraction of sp³-hybridized carbons (Fsp3) is 0.615. The molecular formula is C13H15Cl2N3O. The number of anilines is 1. The number of hydrogen-bond acceptors (Lipinski definition) is 3. The Balaban J connectivity index is 1.62. The van der Waals surface area contributed by atoms with Crippen LogP contribution >= 0.6 is 23.2 Å². The second-order valence-electron chi connectivity index (χ2n) is 5.52. The van der Waals surface area contributed by atoms with E-state index in [1.807, 2.05) is 0 Å². The lowest BCUT2D eigenvalue weighted by Gasteiger charge is -2.21. The van der Waals surface area contributed by atoms with Crippen LogP contribution in [0.2, 0.25) is 10.3 Å². The van der Waals surface area contributed by atoms with Gasteiger partial charge < -0.3 is 5.32 Å². The molecule has 1 amide bonds. The second kappa shape index (κ2) is 5.25. The first kappa shape index (κ1) is 13.1. The number of aromatic nitrogens is 2. The molecule has 102 valence electrons. The summed E-state index contributed by atoms with van der Waals surface area (Å²) in [6.45, 7) is 0. The number of fused-ring (bicyclic) bond motifs is 2. The van der Waals surface area contributed by atoms with E-state index in [0.29, 0.717) is 18.0 Å². The van der Waals surface area contributed by atoms with Gasteiger partial charge in [0.15, 0.2) is 10.3 Å². The molecule has 1 heterocycles. The minimum absolute atomic E-state index is 0.0452. The SMILES string of the molecule is O=C(CC1CC2CCC1C2)Nc1c(Cl)ncnc1Cl. The topological polar surface area (TPSA) is 54.9 Å². The van der Waals surface area contributed by atoms with Gasteiger partial charge in [-0.25, -0.2) is 9.97 Å². The molecule has 19 heavy (non-hydrogen) atoms. The number of amides is 1. The lowest BCUT2D eigenvalue weighted by atomic mass is 9.86. The molecule has 4 nitrogen and oxygen atoms in total. The molecule has 0 saturated heterocycles. The quantitative estimate of drug-likeness (QED) is 0.869. The lowest BCUT2D eigenvalue weighted by molar-refractivity contribution is -0.117. The lowest BCUT2D eigenvalue weighted by Crippen LogP contribution is -2.20. The molecule has 1 aromatic heterocycles. The first-order chi connectivity index (χ1) is 9.13. The highest BCUT2D eigenvalue weighted by atomic mass is 35.5. The molecule has 3 rings (SSSR count). The average molecular weight is 300 g/mol. The number of nitrogens with one attached hydrogen (secondary N) is 1. The van der Waals surface area contributed by atoms with Crippen molar-refractivity contribution in [1.29, 1.82) is 0 Å². The van der Waals surface area contributed by atoms with Gasteiger partial charge in [-0.2, -0.15) is 0 Å². The zero-order valence-electron chi connectivity index (χ0n) is 10.4. The van der Waals surface area contributed by atoms with Gasteiger partial charge in [0.05, 0.1) is 0 Å². The molecule has 0 radical (unpaired) electrons. The Morgan fingerprint density at radius 3 is 2.58 bits per heavy atom. The molecule has 2 bridgehead atoms. The molecule has 3 unspecified atom stereocenters. The van der Waals surface area contributed by atoms with Crippen molar-refractivity contribution < 1.29 is 4.79 Å². The van der Waals surface area contributed by atoms with Gasteiger partial charge in [0.2, 0.25) is 5.91 Å². The average Bonchev–Trinajstić information content (AvgIpc) is 2.96. The van der Waals surface area contributed by atoms with Gasteiger partial charge in [-0.1, -0.05) is 29.6 Å². The number of hydrogen-bond donors (Lipinski definition) is 1. The van der Waals surface area contributed by atoms with Gasteiger partial charge in [-0.15, -0.1) is 0 Å². The molecule has 6 heteroatoms. The van der Waals surface area contributed by atoms with Gasteiger partial charge in [0.1, 0.15) is 12.0 Å². The Kier molecular flexibility index (Phi) is 3.63. The predicted octanol–water partition coefficient (Wildman–Crippen LogP) is 3.55. The van der Waals surface area contributed by atoms with E-state index in [1.54, 1.807) is 0 Å². The Labute approximate surface area is 121 Å². The van der Waals surface area contributed by atoms with Gasteiger partial charge in [-0.05, 0) is 37.0 Å². The number of nitrogens with zero attached hydrogens (tertiary/aromatic N) is 2. The van der Waals surface area contributed by atoms with Crippen LogP contribution in [0.25, 0.3) is 0 Å². The van der Waals surface area contributed by atoms with Crippen molar-refractivity contribution in [2.75, 3.05) is 5.32 Å². The van der Waals surface area contributed by atoms with E-state index >= 15 is 0 Å². The third-order valence-electron chi connectivity index (χ3n) is 4.35. The summed E-state index contributed by atoms with van der Waals surface area (Å²) in [4.78, 5) is 19.7. The van der Waals surface area contributed by atoms with Crippen molar-refractivity contribution >= 4 is 34.8 Å². The fourth-order valence-corrected chi connectivity index (χ4v) is 3.91. The molecule has 2 saturated carbocycles. The van der Waals surface area contributed by atoms with Crippen LogP contribution < -0.4 is 5.32 Å². The summed E-state index contributed by atoms with van der Waals surface area (Å²) in [6.07, 6.45) is 6.92. The molecule has 3 atom stereocenters. The zero-order chi connectivity index (χ0) is 13.4. The number of halogens is 2. The van der Waals surface area contributed by atoms with Crippen LogP contribution in [0.4, 0.5) is 5.69 Å². The van der Waals surface area contributed by atoms with Gasteiger partial charge in [-0.3, -0.25) is 4.79 Å². The van der Waals surface area contributed by atoms with Gasteiger partial charge >= 0.3 is 0 Å². The van der Waals surface area contributed by atoms with E-state index < -0.39 is 0 Å². The molecule has 1 N–H and O–H groups in total. The van der Waals surface area contributed by atoms with E-state index in [9.17, 15) is 4.79 Å². The van der Waals surface area contributed by atoms with E-state index in [1.165, 1.54) is 32.0 Å². The molecular weight excluding hydrogens is 285 g/mol. The molecule has 0 aromatic carbocycles. The zero-order valence-corrected chi connectivity index (χ0v) is 11.9. The molecule has 0 spiro atoms. The normalized spacial score (nSPS) is 28.6. The minimum atomic E-state index is -0.0452. The summed E-state index contributed by atoms with van der Waals surface area (Å²) >= 11 is 11.8. The smallest absolute Gasteiger partial charge is 0.224 e. The molecule has 2 aliphatic rings. The number of rotatable bonds is 3. The first-order valence-electron chi connectivity index (χ1n) is 6.59. The van der Waals surface area contributed by atoms with Crippen molar-refractivity contribution in [3.05, 3.63) is 16.6 Å². The van der Waals surface area contributed by atoms with Crippen LogP contribution in [0.15, 0.2) is 6.33 Å². The van der Waals surface area contributed by atoms with Crippen molar-refractivity contribution in [2.45, 2.75) is 32.1 Å². The van der Waals surface area contributed by atoms with Crippen LogP contribution in [0.1, 0.15) is 32.1 Å². The summed E-state index contributed by atoms with van der Waals surface area (Å²) in [5.41, 5.74) is 0.319. The molecule has 2 aliphatic carbocycles. The van der Waals surface area contributed by atoms with Crippen molar-refractivity contribution in [2.24, 2.45) is 17.8 Å². The van der Waals surface area contributed by atoms with Crippen LogP contribution in [-0.4, -0.2) is 15.9 Å². The van der Waals surface area contributed by atoms with E-state index in [4.69, 9.17) is 23.2 Å². The number of carbonyl (C=O) groups excluding carboxylic acids is 1. The third-order valence-corrected chi connectivity index (χ3v) is 4.92. The monoisotopic (exact) mass is 299 g/mol. The maximum absolute atomic E-state index is 12.1. The second-order valence-corrected chi connectivity index (χ2v) is 6.23. The van der Waals surface area contributed by atoms with Gasteiger partial charge in [0, 0.05) is 6.42 Å². The maximum atomic E-state index is 12.1. The third kappa shape index (κ3) is 2.70. The largest absolute Gasteiger partial charge is 0.321 e. The van der Waals surface area contributed by atoms with E-state index in [-0.39, 0.29) is 16.2 Å². The van der Waals surface area contributed by atoms with Crippen LogP contribution in [0, 0.1) is 17.8 Å². The highest BCUT2D eigenvalue weighted by molar-refractivity contribution is 6.38. The Morgan fingerprint density at radius 1 is 1.26 bits per heavy atom. The van der Waals surface area contributed by atoms with Crippen molar-refractivity contribution in [3.63, 3.8) is 0 Å². The van der Waals surface area contributed by atoms with Crippen molar-refractivity contribution in [3.8, 4) is 0 Å². The standard InChI is InChI=1S/C13H15Cl2N3O/c14-12-11(13(15)17-6-16-12)18-10(19)5-9-4-7-1-2-8(9)3-7/h6-9H,1-5H2,(H,18,19). The minimum Gasteiger partial charge on any atom is -0.321 e. The molecule has 2 fully saturated rings. The summed E-state index contributed by atoms with van der Waals surface area (Å²) in [7, 11) is 0. The van der Waals surface area contributed by atoms with Crippen LogP contribution in [-0.2, 0) is 4.79 Å². The molecule has 1 aromatic rings. The van der Waals surface area contributed by atoms with Crippen molar-refractivity contribution in [1.82, 2.24) is 9.97 Å². The molecule has 0 aliphatic heterocycles. The van der Waals surface area contributed by atoms with E-state index in [2.05, 4.69) is 15.3 Å². The maximum Gasteiger partial charge on any atom is 0.224 e. The highest BCUT2D eigenvalue weighted by Gasteiger charge is 2.40. The van der Waals surface area contributed by atoms with Crippen LogP contribution in [0.3, 0.4) is 0 Å². The first-order valence-corrected chi connectivity index (χ1v) is 7.35. The fourth-order valence-electron chi connectivity index (χ4n) is 3.50. The summed E-state index contributed by atoms with van der Waals surface area (Å²) in [5, 5.41) is 3.10. The Bertz CT molecular complexity index is 488. The summed E-state index contributed by atoms with van der Waals surface area (Å²) in [5.74, 6) is 2.04. The summed E-state index contributed by atoms with van der Waals surface area (Å²) < 4.78 is 0. The highest BCUT2D eigenvalue weighted by Crippen LogP contribution is 2.49. The predicted molar refractivity (Wildman–Crippen MR) is 74.2 cm³/mol. The van der Waals surface area contributed by atoms with Gasteiger partial charge in [0.25, 0.3) is 0 Å².